The van der Waals surface area contributed by atoms with Crippen molar-refractivity contribution in [2.45, 2.75) is 38.5 Å². The zero-order valence-electron chi connectivity index (χ0n) is 11.2. The standard InChI is InChI=1S/C14H15F2NO4/c15-14(16)21-11-3-1-2-9(6-11)8-17-10(7-13(19)20)4-5-12(17)18/h1-3,6,10,14H,4-5,7-8H2,(H,19,20). The van der Waals surface area contributed by atoms with Gasteiger partial charge in [0.2, 0.25) is 5.91 Å². The fourth-order valence-electron chi connectivity index (χ4n) is 2.44. The number of likely N-dealkylation sites (tertiary alicyclic amines) is 1. The number of carboxylic acid groups (broad SMARTS) is 1. The van der Waals surface area contributed by atoms with Crippen LogP contribution in [0.4, 0.5) is 8.78 Å². The van der Waals surface area contributed by atoms with Gasteiger partial charge in [-0.05, 0) is 24.1 Å². The molecule has 1 aliphatic heterocycles. The predicted molar refractivity (Wildman–Crippen MR) is 68.9 cm³/mol. The zero-order chi connectivity index (χ0) is 15.4. The number of carboxylic acids is 1. The molecule has 1 atom stereocenters. The van der Waals surface area contributed by atoms with Gasteiger partial charge in [0.25, 0.3) is 0 Å². The molecule has 0 spiro atoms. The van der Waals surface area contributed by atoms with Crippen LogP contribution in [0.15, 0.2) is 24.3 Å². The minimum Gasteiger partial charge on any atom is -0.481 e. The zero-order valence-corrected chi connectivity index (χ0v) is 11.2. The van der Waals surface area contributed by atoms with Crippen molar-refractivity contribution in [2.24, 2.45) is 0 Å². The van der Waals surface area contributed by atoms with E-state index in [-0.39, 0.29) is 30.7 Å². The average molecular weight is 299 g/mol. The Morgan fingerprint density at radius 3 is 2.90 bits per heavy atom. The van der Waals surface area contributed by atoms with Gasteiger partial charge >= 0.3 is 12.6 Å². The molecule has 0 bridgehead atoms. The lowest BCUT2D eigenvalue weighted by molar-refractivity contribution is -0.139. The Balaban J connectivity index is 2.08. The number of ether oxygens (including phenoxy) is 1. The predicted octanol–water partition coefficient (Wildman–Crippen LogP) is 2.25. The molecular formula is C14H15F2NO4. The van der Waals surface area contributed by atoms with Gasteiger partial charge < -0.3 is 14.7 Å². The second-order valence-electron chi connectivity index (χ2n) is 4.84. The highest BCUT2D eigenvalue weighted by molar-refractivity contribution is 5.80. The highest BCUT2D eigenvalue weighted by atomic mass is 19.3. The molecule has 0 saturated carbocycles. The third kappa shape index (κ3) is 4.14. The van der Waals surface area contributed by atoms with Crippen LogP contribution in [-0.2, 0) is 16.1 Å². The summed E-state index contributed by atoms with van der Waals surface area (Å²) in [5.74, 6) is -1.07. The van der Waals surface area contributed by atoms with Gasteiger partial charge in [-0.3, -0.25) is 9.59 Å². The van der Waals surface area contributed by atoms with Crippen LogP contribution in [0.3, 0.4) is 0 Å². The Labute approximate surface area is 120 Å². The van der Waals surface area contributed by atoms with E-state index in [2.05, 4.69) is 4.74 Å². The molecule has 21 heavy (non-hydrogen) atoms. The molecule has 0 radical (unpaired) electrons. The van der Waals surface area contributed by atoms with Crippen LogP contribution in [-0.4, -0.2) is 34.5 Å². The van der Waals surface area contributed by atoms with Crippen molar-refractivity contribution in [2.75, 3.05) is 0 Å². The molecule has 1 aromatic carbocycles. The van der Waals surface area contributed by atoms with Crippen molar-refractivity contribution in [1.29, 1.82) is 0 Å². The summed E-state index contributed by atoms with van der Waals surface area (Å²) in [6.45, 7) is -2.72. The van der Waals surface area contributed by atoms with E-state index in [1.807, 2.05) is 0 Å². The summed E-state index contributed by atoms with van der Waals surface area (Å²) in [5, 5.41) is 8.85. The molecule has 2 rings (SSSR count). The summed E-state index contributed by atoms with van der Waals surface area (Å²) < 4.78 is 28.7. The van der Waals surface area contributed by atoms with Crippen molar-refractivity contribution >= 4 is 11.9 Å². The third-order valence-corrected chi connectivity index (χ3v) is 3.34. The lowest BCUT2D eigenvalue weighted by Gasteiger charge is -2.23. The smallest absolute Gasteiger partial charge is 0.387 e. The third-order valence-electron chi connectivity index (χ3n) is 3.34. The molecule has 1 unspecified atom stereocenters. The summed E-state index contributed by atoms with van der Waals surface area (Å²) in [6.07, 6.45) is 0.697. The molecule has 1 aromatic rings. The van der Waals surface area contributed by atoms with Gasteiger partial charge in [-0.15, -0.1) is 0 Å². The van der Waals surface area contributed by atoms with Crippen molar-refractivity contribution < 1.29 is 28.2 Å². The van der Waals surface area contributed by atoms with Crippen LogP contribution >= 0.6 is 0 Å². The van der Waals surface area contributed by atoms with Crippen LogP contribution in [0, 0.1) is 0 Å². The number of benzene rings is 1. The molecular weight excluding hydrogens is 284 g/mol. The van der Waals surface area contributed by atoms with Crippen molar-refractivity contribution in [1.82, 2.24) is 4.90 Å². The van der Waals surface area contributed by atoms with Crippen LogP contribution in [0.25, 0.3) is 0 Å². The number of carbonyl (C=O) groups is 2. The molecule has 1 saturated heterocycles. The summed E-state index contributed by atoms with van der Waals surface area (Å²) in [6, 6.07) is 5.71. The van der Waals surface area contributed by atoms with E-state index in [1.165, 1.54) is 17.0 Å². The van der Waals surface area contributed by atoms with Crippen LogP contribution in [0.5, 0.6) is 5.75 Å². The van der Waals surface area contributed by atoms with E-state index >= 15 is 0 Å². The van der Waals surface area contributed by atoms with E-state index in [9.17, 15) is 18.4 Å². The lowest BCUT2D eigenvalue weighted by atomic mass is 10.1. The number of alkyl halides is 2. The average Bonchev–Trinajstić information content (AvgIpc) is 2.70. The number of halogens is 2. The molecule has 114 valence electrons. The van der Waals surface area contributed by atoms with Gasteiger partial charge in [0, 0.05) is 19.0 Å². The Hall–Kier alpha value is -2.18. The summed E-state index contributed by atoms with van der Waals surface area (Å²) >= 11 is 0. The Bertz CT molecular complexity index is 535. The highest BCUT2D eigenvalue weighted by Crippen LogP contribution is 2.25. The van der Waals surface area contributed by atoms with Crippen LogP contribution in [0.1, 0.15) is 24.8 Å². The first kappa shape index (κ1) is 15.2. The van der Waals surface area contributed by atoms with Gasteiger partial charge in [-0.1, -0.05) is 12.1 Å². The number of hydrogen-bond acceptors (Lipinski definition) is 3. The Morgan fingerprint density at radius 1 is 1.48 bits per heavy atom. The topological polar surface area (TPSA) is 66.8 Å². The van der Waals surface area contributed by atoms with Crippen molar-refractivity contribution in [3.63, 3.8) is 0 Å². The fourth-order valence-corrected chi connectivity index (χ4v) is 2.44. The van der Waals surface area contributed by atoms with Crippen LogP contribution < -0.4 is 4.74 Å². The number of rotatable bonds is 6. The van der Waals surface area contributed by atoms with E-state index in [4.69, 9.17) is 5.11 Å². The first-order chi connectivity index (χ1) is 9.95. The molecule has 5 nitrogen and oxygen atoms in total. The van der Waals surface area contributed by atoms with E-state index in [1.54, 1.807) is 12.1 Å². The number of nitrogens with zero attached hydrogens (tertiary/aromatic N) is 1. The number of amides is 1. The summed E-state index contributed by atoms with van der Waals surface area (Å²) in [4.78, 5) is 24.1. The van der Waals surface area contributed by atoms with Gasteiger partial charge in [-0.2, -0.15) is 8.78 Å². The van der Waals surface area contributed by atoms with E-state index in [0.717, 1.165) is 0 Å². The Kier molecular flexibility index (Phi) is 4.72. The van der Waals surface area contributed by atoms with Crippen LogP contribution in [0.2, 0.25) is 0 Å². The normalized spacial score (nSPS) is 18.3. The highest BCUT2D eigenvalue weighted by Gasteiger charge is 2.32. The first-order valence-corrected chi connectivity index (χ1v) is 6.50. The second-order valence-corrected chi connectivity index (χ2v) is 4.84. The largest absolute Gasteiger partial charge is 0.481 e. The minimum atomic E-state index is -2.91. The van der Waals surface area contributed by atoms with Gasteiger partial charge in [0.05, 0.1) is 6.42 Å². The Morgan fingerprint density at radius 2 is 2.24 bits per heavy atom. The van der Waals surface area contributed by atoms with Crippen molar-refractivity contribution in [3.05, 3.63) is 29.8 Å². The molecule has 0 aromatic heterocycles. The summed E-state index contributed by atoms with van der Waals surface area (Å²) in [5.41, 5.74) is 0.624. The quantitative estimate of drug-likeness (QED) is 0.875. The molecule has 7 heteroatoms. The minimum absolute atomic E-state index is 0.0175. The maximum atomic E-state index is 12.2. The molecule has 1 aliphatic rings. The summed E-state index contributed by atoms with van der Waals surface area (Å²) in [7, 11) is 0. The first-order valence-electron chi connectivity index (χ1n) is 6.50. The van der Waals surface area contributed by atoms with Gasteiger partial charge in [-0.25, -0.2) is 0 Å². The number of hydrogen-bond donors (Lipinski definition) is 1. The molecule has 0 aliphatic carbocycles. The number of aliphatic carboxylic acids is 1. The molecule has 1 fully saturated rings. The van der Waals surface area contributed by atoms with Gasteiger partial charge in [0.1, 0.15) is 5.75 Å². The molecule has 1 heterocycles. The van der Waals surface area contributed by atoms with E-state index < -0.39 is 12.6 Å². The molecule has 1 N–H and O–H groups in total. The maximum absolute atomic E-state index is 12.2. The molecule has 1 amide bonds. The van der Waals surface area contributed by atoms with Gasteiger partial charge in [0.15, 0.2) is 0 Å². The van der Waals surface area contributed by atoms with E-state index in [0.29, 0.717) is 18.4 Å². The lowest BCUT2D eigenvalue weighted by Crippen LogP contribution is -2.34. The second kappa shape index (κ2) is 6.51. The maximum Gasteiger partial charge on any atom is 0.387 e. The SMILES string of the molecule is O=C(O)CC1CCC(=O)N1Cc1cccc(OC(F)F)c1. The number of carbonyl (C=O) groups excluding carboxylic acids is 1. The monoisotopic (exact) mass is 299 g/mol. The fraction of sp³-hybridized carbons (Fsp3) is 0.429. The van der Waals surface area contributed by atoms with Crippen molar-refractivity contribution in [3.8, 4) is 5.75 Å².